The molecule has 0 aliphatic carbocycles. The Morgan fingerprint density at radius 2 is 2.00 bits per heavy atom. The van der Waals surface area contributed by atoms with Gasteiger partial charge in [0.25, 0.3) is 0 Å². The Labute approximate surface area is 119 Å². The summed E-state index contributed by atoms with van der Waals surface area (Å²) in [6.07, 6.45) is -0.712. The Balaban J connectivity index is 2.18. The number of rotatable bonds is 3. The van der Waals surface area contributed by atoms with Crippen LogP contribution in [0.25, 0.3) is 0 Å². The third-order valence-electron chi connectivity index (χ3n) is 3.68. The second kappa shape index (κ2) is 6.09. The molecule has 0 radical (unpaired) electrons. The van der Waals surface area contributed by atoms with Crippen molar-refractivity contribution in [3.63, 3.8) is 0 Å². The van der Waals surface area contributed by atoms with E-state index in [-0.39, 0.29) is 5.75 Å². The summed E-state index contributed by atoms with van der Waals surface area (Å²) in [4.78, 5) is 2.19. The predicted octanol–water partition coefficient (Wildman–Crippen LogP) is 1.60. The fourth-order valence-electron chi connectivity index (χ4n) is 2.60. The number of benzene rings is 1. The summed E-state index contributed by atoms with van der Waals surface area (Å²) in [5.41, 5.74) is 2.14. The van der Waals surface area contributed by atoms with Gasteiger partial charge in [-0.2, -0.15) is 0 Å². The minimum absolute atomic E-state index is 0.127. The molecule has 2 rings (SSSR count). The summed E-state index contributed by atoms with van der Waals surface area (Å²) in [6.45, 7) is 7.91. The molecule has 1 aromatic rings. The molecule has 106 valence electrons. The third kappa shape index (κ3) is 3.20. The van der Waals surface area contributed by atoms with Crippen LogP contribution in [0.15, 0.2) is 6.07 Å². The maximum Gasteiger partial charge on any atom is 0.122 e. The maximum atomic E-state index is 10.4. The molecule has 1 aliphatic heterocycles. The smallest absolute Gasteiger partial charge is 0.122 e. The van der Waals surface area contributed by atoms with Crippen LogP contribution in [0.5, 0.6) is 5.75 Å². The molecule has 4 nitrogen and oxygen atoms in total. The molecule has 1 atom stereocenters. The molecule has 3 N–H and O–H groups in total. The molecule has 1 unspecified atom stereocenters. The topological polar surface area (TPSA) is 55.7 Å². The van der Waals surface area contributed by atoms with Crippen LogP contribution in [0.2, 0.25) is 5.02 Å². The van der Waals surface area contributed by atoms with Gasteiger partial charge in [-0.15, -0.1) is 0 Å². The number of phenolic OH excluding ortho intramolecular Hbond substituents is 1. The lowest BCUT2D eigenvalue weighted by Gasteiger charge is -2.30. The minimum Gasteiger partial charge on any atom is -0.508 e. The van der Waals surface area contributed by atoms with Gasteiger partial charge in [0.2, 0.25) is 0 Å². The molecule has 19 heavy (non-hydrogen) atoms. The van der Waals surface area contributed by atoms with E-state index in [1.165, 1.54) is 0 Å². The van der Waals surface area contributed by atoms with Crippen molar-refractivity contribution in [2.75, 3.05) is 32.7 Å². The van der Waals surface area contributed by atoms with Crippen molar-refractivity contribution in [2.45, 2.75) is 20.0 Å². The average Bonchev–Trinajstić information content (AvgIpc) is 2.37. The van der Waals surface area contributed by atoms with Crippen LogP contribution in [-0.4, -0.2) is 47.8 Å². The second-order valence-corrected chi connectivity index (χ2v) is 5.51. The molecular formula is C14H21ClN2O2. The van der Waals surface area contributed by atoms with Crippen LogP contribution >= 0.6 is 11.6 Å². The van der Waals surface area contributed by atoms with Crippen LogP contribution < -0.4 is 5.32 Å². The lowest BCUT2D eigenvalue weighted by atomic mass is 9.99. The Morgan fingerprint density at radius 3 is 2.63 bits per heavy atom. The predicted molar refractivity (Wildman–Crippen MR) is 76.9 cm³/mol. The van der Waals surface area contributed by atoms with E-state index in [4.69, 9.17) is 11.6 Å². The SMILES string of the molecule is Cc1cc(O)c(C(O)CN2CCNCC2)c(C)c1Cl. The van der Waals surface area contributed by atoms with Gasteiger partial charge in [-0.25, -0.2) is 0 Å². The largest absolute Gasteiger partial charge is 0.508 e. The Bertz CT molecular complexity index is 459. The first-order chi connectivity index (χ1) is 9.00. The van der Waals surface area contributed by atoms with Crippen LogP contribution in [0.3, 0.4) is 0 Å². The lowest BCUT2D eigenvalue weighted by Crippen LogP contribution is -2.45. The van der Waals surface area contributed by atoms with Crippen molar-refractivity contribution in [1.29, 1.82) is 0 Å². The number of piperazine rings is 1. The number of aryl methyl sites for hydroxylation is 1. The highest BCUT2D eigenvalue weighted by molar-refractivity contribution is 6.32. The summed E-state index contributed by atoms with van der Waals surface area (Å²) < 4.78 is 0. The number of β-amino-alcohol motifs (C(OH)–C–C–N with tert-alkyl or cyclic N) is 1. The zero-order valence-electron chi connectivity index (χ0n) is 11.4. The minimum atomic E-state index is -0.712. The standard InChI is InChI=1S/C14H21ClN2O2/c1-9-7-11(18)13(10(2)14(9)15)12(19)8-17-5-3-16-4-6-17/h7,12,16,18-19H,3-6,8H2,1-2H3. The van der Waals surface area contributed by atoms with Gasteiger partial charge in [0.15, 0.2) is 0 Å². The third-order valence-corrected chi connectivity index (χ3v) is 4.26. The molecule has 1 fully saturated rings. The molecule has 1 saturated heterocycles. The monoisotopic (exact) mass is 284 g/mol. The van der Waals surface area contributed by atoms with Crippen molar-refractivity contribution >= 4 is 11.6 Å². The molecule has 0 amide bonds. The summed E-state index contributed by atoms with van der Waals surface area (Å²) in [6, 6.07) is 1.62. The van der Waals surface area contributed by atoms with Gasteiger partial charge >= 0.3 is 0 Å². The number of aliphatic hydroxyl groups excluding tert-OH is 1. The summed E-state index contributed by atoms with van der Waals surface area (Å²) in [5, 5.41) is 24.3. The zero-order valence-corrected chi connectivity index (χ0v) is 12.2. The van der Waals surface area contributed by atoms with E-state index < -0.39 is 6.10 Å². The molecule has 0 spiro atoms. The van der Waals surface area contributed by atoms with Gasteiger partial charge in [-0.05, 0) is 31.0 Å². The van der Waals surface area contributed by atoms with E-state index in [1.807, 2.05) is 13.8 Å². The highest BCUT2D eigenvalue weighted by atomic mass is 35.5. The van der Waals surface area contributed by atoms with Crippen LogP contribution in [0.4, 0.5) is 0 Å². The molecule has 0 aromatic heterocycles. The van der Waals surface area contributed by atoms with Gasteiger partial charge in [-0.3, -0.25) is 4.90 Å². The molecular weight excluding hydrogens is 264 g/mol. The van der Waals surface area contributed by atoms with Gasteiger partial charge in [0.1, 0.15) is 5.75 Å². The number of aromatic hydroxyl groups is 1. The Hall–Kier alpha value is -0.810. The number of phenols is 1. The first-order valence-electron chi connectivity index (χ1n) is 6.60. The molecule has 1 aromatic carbocycles. The highest BCUT2D eigenvalue weighted by Crippen LogP contribution is 2.35. The maximum absolute atomic E-state index is 10.4. The molecule has 1 heterocycles. The first kappa shape index (κ1) is 14.6. The number of hydrogen-bond acceptors (Lipinski definition) is 4. The van der Waals surface area contributed by atoms with Crippen molar-refractivity contribution in [3.8, 4) is 5.75 Å². The molecule has 0 saturated carbocycles. The fraction of sp³-hybridized carbons (Fsp3) is 0.571. The zero-order chi connectivity index (χ0) is 14.0. The van der Waals surface area contributed by atoms with Crippen molar-refractivity contribution in [3.05, 3.63) is 27.8 Å². The number of hydrogen-bond donors (Lipinski definition) is 3. The Kier molecular flexibility index (Phi) is 4.68. The van der Waals surface area contributed by atoms with Gasteiger partial charge in [0, 0.05) is 43.3 Å². The summed E-state index contributed by atoms with van der Waals surface area (Å²) >= 11 is 6.20. The van der Waals surface area contributed by atoms with Crippen molar-refractivity contribution < 1.29 is 10.2 Å². The number of nitrogens with zero attached hydrogens (tertiary/aromatic N) is 1. The van der Waals surface area contributed by atoms with Gasteiger partial charge in [0.05, 0.1) is 6.10 Å². The van der Waals surface area contributed by atoms with E-state index in [1.54, 1.807) is 6.07 Å². The van der Waals surface area contributed by atoms with Gasteiger partial charge < -0.3 is 15.5 Å². The second-order valence-electron chi connectivity index (χ2n) is 5.13. The molecule has 1 aliphatic rings. The first-order valence-corrected chi connectivity index (χ1v) is 6.98. The summed E-state index contributed by atoms with van der Waals surface area (Å²) in [5.74, 6) is 0.127. The summed E-state index contributed by atoms with van der Waals surface area (Å²) in [7, 11) is 0. The van der Waals surface area contributed by atoms with E-state index in [9.17, 15) is 10.2 Å². The van der Waals surface area contributed by atoms with Crippen molar-refractivity contribution in [1.82, 2.24) is 10.2 Å². The average molecular weight is 285 g/mol. The molecule has 5 heteroatoms. The number of nitrogens with one attached hydrogen (secondary N) is 1. The van der Waals surface area contributed by atoms with E-state index in [0.29, 0.717) is 17.1 Å². The van der Waals surface area contributed by atoms with Gasteiger partial charge in [-0.1, -0.05) is 11.6 Å². The fourth-order valence-corrected chi connectivity index (χ4v) is 2.76. The van der Waals surface area contributed by atoms with Crippen molar-refractivity contribution in [2.24, 2.45) is 0 Å². The lowest BCUT2D eigenvalue weighted by molar-refractivity contribution is 0.103. The van der Waals surface area contributed by atoms with E-state index >= 15 is 0 Å². The van der Waals surface area contributed by atoms with Crippen LogP contribution in [0, 0.1) is 13.8 Å². The Morgan fingerprint density at radius 1 is 1.37 bits per heavy atom. The van der Waals surface area contributed by atoms with Crippen LogP contribution in [-0.2, 0) is 0 Å². The molecule has 0 bridgehead atoms. The number of halogens is 1. The highest BCUT2D eigenvalue weighted by Gasteiger charge is 2.21. The van der Waals surface area contributed by atoms with Crippen LogP contribution in [0.1, 0.15) is 22.8 Å². The number of aliphatic hydroxyl groups is 1. The quantitative estimate of drug-likeness (QED) is 0.789. The van der Waals surface area contributed by atoms with E-state index in [2.05, 4.69) is 10.2 Å². The van der Waals surface area contributed by atoms with E-state index in [0.717, 1.165) is 37.3 Å². The normalized spacial score (nSPS) is 18.5.